The molecule has 0 aliphatic heterocycles. The third-order valence-corrected chi connectivity index (χ3v) is 7.15. The molecule has 0 aliphatic rings. The summed E-state index contributed by atoms with van der Waals surface area (Å²) in [5.74, 6) is -1.88. The lowest BCUT2D eigenvalue weighted by atomic mass is 9.94. The van der Waals surface area contributed by atoms with Gasteiger partial charge in [0, 0.05) is 56.6 Å². The fraction of sp³-hybridized carbons (Fsp3) is 0.143. The van der Waals surface area contributed by atoms with Gasteiger partial charge in [-0.2, -0.15) is 52.7 Å². The molecular weight excluding hydrogens is 743 g/mol. The summed E-state index contributed by atoms with van der Waals surface area (Å²) in [7, 11) is 0. The van der Waals surface area contributed by atoms with Gasteiger partial charge in [-0.15, -0.1) is 0 Å². The maximum atomic E-state index is 14.2. The number of halogens is 14. The van der Waals surface area contributed by atoms with Crippen LogP contribution < -0.4 is 4.74 Å². The molecule has 0 aliphatic carbocycles. The lowest BCUT2D eigenvalue weighted by Gasteiger charge is -2.22. The van der Waals surface area contributed by atoms with Crippen LogP contribution in [-0.4, -0.2) is 9.85 Å². The van der Waals surface area contributed by atoms with E-state index >= 15 is 0 Å². The Morgan fingerprint density at radius 1 is 0.510 bits per heavy atom. The van der Waals surface area contributed by atoms with Crippen LogP contribution in [0.25, 0.3) is 22.3 Å². The Labute approximate surface area is 273 Å². The van der Waals surface area contributed by atoms with Gasteiger partial charge in [-0.1, -0.05) is 23.2 Å². The summed E-state index contributed by atoms with van der Waals surface area (Å²) in [5.41, 5.74) is -14.5. The number of benzene rings is 4. The van der Waals surface area contributed by atoms with Gasteiger partial charge < -0.3 is 4.74 Å². The summed E-state index contributed by atoms with van der Waals surface area (Å²) in [6.07, 6.45) is -22.0. The fourth-order valence-corrected chi connectivity index (χ4v) is 5.13. The van der Waals surface area contributed by atoms with E-state index in [1.807, 2.05) is 0 Å². The van der Waals surface area contributed by atoms with Crippen LogP contribution in [0.1, 0.15) is 22.3 Å². The molecule has 0 unspecified atom stereocenters. The van der Waals surface area contributed by atoms with E-state index in [0.717, 1.165) is 0 Å². The van der Waals surface area contributed by atoms with Crippen LogP contribution in [0.4, 0.5) is 64.1 Å². The number of nitrogens with zero attached hydrogens (tertiary/aromatic N) is 2. The van der Waals surface area contributed by atoms with Crippen LogP contribution in [0.2, 0.25) is 10.0 Å². The first-order chi connectivity index (χ1) is 22.3. The monoisotopic (exact) mass is 752 g/mol. The Morgan fingerprint density at radius 3 is 1.10 bits per heavy atom. The molecule has 4 aromatic rings. The van der Waals surface area contributed by atoms with Gasteiger partial charge in [-0.3, -0.25) is 20.2 Å². The molecule has 0 spiro atoms. The lowest BCUT2D eigenvalue weighted by molar-refractivity contribution is -0.385. The van der Waals surface area contributed by atoms with Crippen molar-refractivity contribution in [3.63, 3.8) is 0 Å². The van der Waals surface area contributed by atoms with Gasteiger partial charge in [0.05, 0.1) is 32.1 Å². The number of non-ortho nitro benzene ring substituents is 2. The number of nitro benzene ring substituents is 2. The molecule has 7 nitrogen and oxygen atoms in total. The van der Waals surface area contributed by atoms with E-state index in [4.69, 9.17) is 27.9 Å². The van der Waals surface area contributed by atoms with E-state index in [2.05, 4.69) is 0 Å². The first-order valence-electron chi connectivity index (χ1n) is 12.5. The molecule has 0 saturated carbocycles. The number of rotatable bonds is 6. The third kappa shape index (κ3) is 7.77. The average Bonchev–Trinajstić information content (AvgIpc) is 2.95. The van der Waals surface area contributed by atoms with Crippen molar-refractivity contribution >= 4 is 34.6 Å². The van der Waals surface area contributed by atoms with Crippen LogP contribution in [0.5, 0.6) is 11.5 Å². The number of ether oxygens (including phenoxy) is 1. The van der Waals surface area contributed by atoms with Crippen LogP contribution >= 0.6 is 23.2 Å². The molecule has 4 rings (SSSR count). The Kier molecular flexibility index (Phi) is 9.52. The predicted octanol–water partition coefficient (Wildman–Crippen LogP) is 12.0. The summed E-state index contributed by atoms with van der Waals surface area (Å²) < 4.78 is 171. The second-order valence-electron chi connectivity index (χ2n) is 9.73. The SMILES string of the molecule is O=[N+]([O-])c1ccc(Oc2ccc([N+](=O)[O-])cc2-c2c(Cl)cc(C(F)(F)F)cc2C(F)(F)F)c(-c2c(Cl)cc(C(F)(F)F)cc2C(F)(F)F)c1. The van der Waals surface area contributed by atoms with Crippen molar-refractivity contribution in [2.24, 2.45) is 0 Å². The van der Waals surface area contributed by atoms with Gasteiger partial charge in [0.2, 0.25) is 0 Å². The van der Waals surface area contributed by atoms with E-state index in [-0.39, 0.29) is 24.3 Å². The Bertz CT molecular complexity index is 1850. The third-order valence-electron chi connectivity index (χ3n) is 6.55. The normalized spacial score (nSPS) is 12.6. The minimum atomic E-state index is -5.62. The van der Waals surface area contributed by atoms with Gasteiger partial charge in [0.1, 0.15) is 11.5 Å². The molecule has 21 heteroatoms. The van der Waals surface area contributed by atoms with Crippen molar-refractivity contribution in [3.8, 4) is 33.8 Å². The van der Waals surface area contributed by atoms with E-state index in [1.165, 1.54) is 0 Å². The fourth-order valence-electron chi connectivity index (χ4n) is 4.49. The highest BCUT2D eigenvalue weighted by molar-refractivity contribution is 6.34. The van der Waals surface area contributed by atoms with Crippen LogP contribution in [0.3, 0.4) is 0 Å². The van der Waals surface area contributed by atoms with E-state index < -0.39 is 112 Å². The van der Waals surface area contributed by atoms with Gasteiger partial charge in [-0.05, 0) is 36.4 Å². The second kappa shape index (κ2) is 12.6. The van der Waals surface area contributed by atoms with Gasteiger partial charge in [0.15, 0.2) is 0 Å². The Hall–Kier alpha value is -4.78. The zero-order valence-electron chi connectivity index (χ0n) is 23.0. The van der Waals surface area contributed by atoms with Gasteiger partial charge in [0.25, 0.3) is 11.4 Å². The standard InChI is InChI=1S/C28H10Cl2F12N2O5/c29-19-7-11(25(31,32)33)5-17(27(37,38)39)23(19)15-9-13(43(45)46)1-3-21(15)49-22-4-2-14(44(47)48)10-16(22)24-18(28(40,41)42)6-12(8-20(24)30)26(34,35)36/h1-10H. The molecule has 0 radical (unpaired) electrons. The van der Waals surface area contributed by atoms with Crippen molar-refractivity contribution in [1.29, 1.82) is 0 Å². The molecule has 49 heavy (non-hydrogen) atoms. The molecular formula is C28H10Cl2F12N2O5. The van der Waals surface area contributed by atoms with Crippen molar-refractivity contribution in [2.45, 2.75) is 24.7 Å². The summed E-state index contributed by atoms with van der Waals surface area (Å²) in [6, 6.07) is 2.57. The summed E-state index contributed by atoms with van der Waals surface area (Å²) in [4.78, 5) is 20.8. The van der Waals surface area contributed by atoms with Crippen LogP contribution in [0, 0.1) is 20.2 Å². The number of alkyl halides is 12. The predicted molar refractivity (Wildman–Crippen MR) is 147 cm³/mol. The summed E-state index contributed by atoms with van der Waals surface area (Å²) in [5, 5.41) is 20.5. The van der Waals surface area contributed by atoms with E-state index in [1.54, 1.807) is 0 Å². The van der Waals surface area contributed by atoms with E-state index in [9.17, 15) is 72.9 Å². The van der Waals surface area contributed by atoms with Gasteiger partial charge in [-0.25, -0.2) is 0 Å². The maximum absolute atomic E-state index is 14.2. The van der Waals surface area contributed by atoms with Crippen LogP contribution in [-0.2, 0) is 24.7 Å². The van der Waals surface area contributed by atoms with Crippen LogP contribution in [0.15, 0.2) is 60.7 Å². The highest BCUT2D eigenvalue weighted by atomic mass is 35.5. The maximum Gasteiger partial charge on any atom is 0.417 e. The molecule has 260 valence electrons. The minimum absolute atomic E-state index is 0.0592. The number of nitro groups is 2. The molecule has 0 heterocycles. The first-order valence-corrected chi connectivity index (χ1v) is 13.3. The Morgan fingerprint density at radius 2 is 0.837 bits per heavy atom. The zero-order chi connectivity index (χ0) is 37.0. The lowest BCUT2D eigenvalue weighted by Crippen LogP contribution is -2.13. The second-order valence-corrected chi connectivity index (χ2v) is 10.5. The van der Waals surface area contributed by atoms with Gasteiger partial charge >= 0.3 is 24.7 Å². The van der Waals surface area contributed by atoms with Crippen molar-refractivity contribution < 1.29 is 67.3 Å². The topological polar surface area (TPSA) is 95.5 Å². The highest BCUT2D eigenvalue weighted by Crippen LogP contribution is 2.51. The molecule has 0 amide bonds. The first kappa shape index (κ1) is 37.0. The molecule has 0 aromatic heterocycles. The zero-order valence-corrected chi connectivity index (χ0v) is 24.5. The smallest absolute Gasteiger partial charge is 0.417 e. The highest BCUT2D eigenvalue weighted by Gasteiger charge is 2.42. The molecule has 0 saturated heterocycles. The van der Waals surface area contributed by atoms with Crippen molar-refractivity contribution in [2.75, 3.05) is 0 Å². The largest absolute Gasteiger partial charge is 0.456 e. The molecule has 0 fully saturated rings. The molecule has 0 bridgehead atoms. The van der Waals surface area contributed by atoms with Crippen molar-refractivity contribution in [1.82, 2.24) is 0 Å². The summed E-state index contributed by atoms with van der Waals surface area (Å²) >= 11 is 11.8. The number of hydrogen-bond donors (Lipinski definition) is 0. The number of hydrogen-bond acceptors (Lipinski definition) is 5. The van der Waals surface area contributed by atoms with Crippen molar-refractivity contribution in [3.05, 3.63) is 113 Å². The minimum Gasteiger partial charge on any atom is -0.456 e. The summed E-state index contributed by atoms with van der Waals surface area (Å²) in [6.45, 7) is 0. The Balaban J connectivity index is 2.09. The average molecular weight is 753 g/mol. The quantitative estimate of drug-likeness (QED) is 0.111. The molecule has 0 atom stereocenters. The molecule has 4 aromatic carbocycles. The molecule has 0 N–H and O–H groups in total. The van der Waals surface area contributed by atoms with E-state index in [0.29, 0.717) is 36.4 Å².